The van der Waals surface area contributed by atoms with Crippen LogP contribution in [0.4, 0.5) is 0 Å². The summed E-state index contributed by atoms with van der Waals surface area (Å²) in [6.45, 7) is 6.48. The fraction of sp³-hybridized carbons (Fsp3) is 0.818. The molecule has 0 spiro atoms. The largest absolute Gasteiger partial charge is 0.316 e. The lowest BCUT2D eigenvalue weighted by Crippen LogP contribution is -2.34. The second-order valence-corrected chi connectivity index (χ2v) is 5.17. The van der Waals surface area contributed by atoms with E-state index in [4.69, 9.17) is 0 Å². The first-order valence-corrected chi connectivity index (χ1v) is 6.74. The number of thioether (sulfide) groups is 1. The Bertz CT molecular complexity index is 324. The van der Waals surface area contributed by atoms with Gasteiger partial charge in [0.1, 0.15) is 5.82 Å². The van der Waals surface area contributed by atoms with Crippen LogP contribution in [0.1, 0.15) is 26.1 Å². The zero-order chi connectivity index (χ0) is 12.1. The molecule has 0 aliphatic heterocycles. The molecule has 4 nitrogen and oxygen atoms in total. The number of hydrogen-bond donors (Lipinski definition) is 1. The number of aryl methyl sites for hydroxylation is 1. The van der Waals surface area contributed by atoms with Crippen LogP contribution in [-0.2, 0) is 7.05 Å². The van der Waals surface area contributed by atoms with Crippen LogP contribution >= 0.6 is 11.8 Å². The van der Waals surface area contributed by atoms with Gasteiger partial charge in [0.05, 0.1) is 0 Å². The molecule has 1 heterocycles. The van der Waals surface area contributed by atoms with Crippen molar-refractivity contribution >= 4 is 11.8 Å². The third-order valence-corrected chi connectivity index (χ3v) is 4.29. The summed E-state index contributed by atoms with van der Waals surface area (Å²) in [6.07, 6.45) is 1.20. The van der Waals surface area contributed by atoms with Crippen molar-refractivity contribution in [1.82, 2.24) is 20.1 Å². The molecule has 0 aliphatic rings. The second kappa shape index (κ2) is 6.25. The number of nitrogens with zero attached hydrogens (tertiary/aromatic N) is 3. The first-order chi connectivity index (χ1) is 7.60. The van der Waals surface area contributed by atoms with Crippen LogP contribution < -0.4 is 5.32 Å². The summed E-state index contributed by atoms with van der Waals surface area (Å²) in [4.78, 5) is 0. The zero-order valence-corrected chi connectivity index (χ0v) is 11.6. The Hall–Kier alpha value is -0.550. The quantitative estimate of drug-likeness (QED) is 0.773. The lowest BCUT2D eigenvalue weighted by molar-refractivity contribution is 0.420. The minimum atomic E-state index is 0.534. The molecular weight excluding hydrogens is 220 g/mol. The molecule has 1 aromatic rings. The van der Waals surface area contributed by atoms with Gasteiger partial charge < -0.3 is 9.88 Å². The van der Waals surface area contributed by atoms with Gasteiger partial charge in [0.25, 0.3) is 0 Å². The van der Waals surface area contributed by atoms with Crippen LogP contribution in [-0.4, -0.2) is 33.6 Å². The smallest absolute Gasteiger partial charge is 0.190 e. The minimum Gasteiger partial charge on any atom is -0.316 e. The average Bonchev–Trinajstić information content (AvgIpc) is 2.61. The molecule has 0 bridgehead atoms. The third kappa shape index (κ3) is 3.22. The molecule has 0 aliphatic carbocycles. The highest BCUT2D eigenvalue weighted by atomic mass is 32.2. The van der Waals surface area contributed by atoms with Gasteiger partial charge in [-0.05, 0) is 19.9 Å². The van der Waals surface area contributed by atoms with Crippen molar-refractivity contribution in [2.75, 3.05) is 12.8 Å². The molecular formula is C11H22N4S. The van der Waals surface area contributed by atoms with Gasteiger partial charge in [-0.2, -0.15) is 0 Å². The zero-order valence-electron chi connectivity index (χ0n) is 10.8. The topological polar surface area (TPSA) is 42.7 Å². The Morgan fingerprint density at radius 3 is 2.56 bits per heavy atom. The standard InChI is InChI=1S/C11H22N4S/c1-6-8(2)10(12-4)7-16-11-14-13-9(3)15(11)5/h8,10,12H,6-7H2,1-5H3. The highest BCUT2D eigenvalue weighted by Crippen LogP contribution is 2.19. The maximum atomic E-state index is 4.15. The van der Waals surface area contributed by atoms with Gasteiger partial charge in [-0.1, -0.05) is 32.0 Å². The Kier molecular flexibility index (Phi) is 5.28. The summed E-state index contributed by atoms with van der Waals surface area (Å²) in [5.74, 6) is 2.69. The van der Waals surface area contributed by atoms with Crippen LogP contribution in [0.25, 0.3) is 0 Å². The van der Waals surface area contributed by atoms with Gasteiger partial charge in [0.15, 0.2) is 5.16 Å². The second-order valence-electron chi connectivity index (χ2n) is 4.18. The van der Waals surface area contributed by atoms with Gasteiger partial charge in [0.2, 0.25) is 0 Å². The molecule has 2 unspecified atom stereocenters. The van der Waals surface area contributed by atoms with Gasteiger partial charge in [-0.3, -0.25) is 0 Å². The van der Waals surface area contributed by atoms with Gasteiger partial charge in [-0.15, -0.1) is 10.2 Å². The van der Waals surface area contributed by atoms with Crippen molar-refractivity contribution in [3.8, 4) is 0 Å². The molecule has 1 aromatic heterocycles. The molecule has 1 N–H and O–H groups in total. The molecule has 0 radical (unpaired) electrons. The van der Waals surface area contributed by atoms with E-state index in [9.17, 15) is 0 Å². The molecule has 0 saturated heterocycles. The number of hydrogen-bond acceptors (Lipinski definition) is 4. The molecule has 5 heteroatoms. The first-order valence-electron chi connectivity index (χ1n) is 5.76. The van der Waals surface area contributed by atoms with Gasteiger partial charge in [-0.25, -0.2) is 0 Å². The van der Waals surface area contributed by atoms with Crippen LogP contribution in [0.3, 0.4) is 0 Å². The van der Waals surface area contributed by atoms with Crippen LogP contribution in [0.2, 0.25) is 0 Å². The van der Waals surface area contributed by atoms with Crippen molar-refractivity contribution < 1.29 is 0 Å². The molecule has 0 saturated carbocycles. The summed E-state index contributed by atoms with van der Waals surface area (Å²) in [5.41, 5.74) is 0. The first kappa shape index (κ1) is 13.5. The van der Waals surface area contributed by atoms with Crippen molar-refractivity contribution in [1.29, 1.82) is 0 Å². The maximum absolute atomic E-state index is 4.15. The van der Waals surface area contributed by atoms with Crippen molar-refractivity contribution in [2.45, 2.75) is 38.4 Å². The third-order valence-electron chi connectivity index (χ3n) is 3.15. The predicted octanol–water partition coefficient (Wildman–Crippen LogP) is 1.85. The van der Waals surface area contributed by atoms with E-state index >= 15 is 0 Å². The van der Waals surface area contributed by atoms with Crippen molar-refractivity contribution in [3.63, 3.8) is 0 Å². The summed E-state index contributed by atoms with van der Waals surface area (Å²) < 4.78 is 2.04. The van der Waals surface area contributed by atoms with E-state index in [2.05, 4.69) is 29.4 Å². The Balaban J connectivity index is 2.52. The van der Waals surface area contributed by atoms with Gasteiger partial charge >= 0.3 is 0 Å². The Morgan fingerprint density at radius 1 is 1.44 bits per heavy atom. The lowest BCUT2D eigenvalue weighted by atomic mass is 10.0. The predicted molar refractivity (Wildman–Crippen MR) is 68.8 cm³/mol. The molecule has 92 valence electrons. The highest BCUT2D eigenvalue weighted by molar-refractivity contribution is 7.99. The minimum absolute atomic E-state index is 0.534. The van der Waals surface area contributed by atoms with Crippen molar-refractivity contribution in [3.05, 3.63) is 5.82 Å². The summed E-state index contributed by atoms with van der Waals surface area (Å²) in [7, 11) is 4.04. The van der Waals surface area contributed by atoms with Crippen molar-refractivity contribution in [2.24, 2.45) is 13.0 Å². The molecule has 1 rings (SSSR count). The van der Waals surface area contributed by atoms with E-state index in [0.29, 0.717) is 12.0 Å². The van der Waals surface area contributed by atoms with E-state index < -0.39 is 0 Å². The van der Waals surface area contributed by atoms with Crippen LogP contribution in [0, 0.1) is 12.8 Å². The number of nitrogens with one attached hydrogen (secondary N) is 1. The number of rotatable bonds is 6. The molecule has 0 aromatic carbocycles. The normalized spacial score (nSPS) is 15.1. The van der Waals surface area contributed by atoms with Crippen LogP contribution in [0.5, 0.6) is 0 Å². The number of aromatic nitrogens is 3. The molecule has 2 atom stereocenters. The highest BCUT2D eigenvalue weighted by Gasteiger charge is 2.15. The van der Waals surface area contributed by atoms with E-state index in [0.717, 1.165) is 16.7 Å². The fourth-order valence-electron chi connectivity index (χ4n) is 1.49. The fourth-order valence-corrected chi connectivity index (χ4v) is 2.74. The summed E-state index contributed by atoms with van der Waals surface area (Å²) in [5, 5.41) is 12.6. The lowest BCUT2D eigenvalue weighted by Gasteiger charge is -2.21. The van der Waals surface area contributed by atoms with E-state index in [1.807, 2.05) is 25.6 Å². The van der Waals surface area contributed by atoms with Gasteiger partial charge in [0, 0.05) is 18.8 Å². The van der Waals surface area contributed by atoms with E-state index in [1.54, 1.807) is 11.8 Å². The monoisotopic (exact) mass is 242 g/mol. The maximum Gasteiger partial charge on any atom is 0.190 e. The Labute approximate surface area is 102 Å². The average molecular weight is 242 g/mol. The molecule has 0 amide bonds. The van der Waals surface area contributed by atoms with E-state index in [1.165, 1.54) is 6.42 Å². The molecule has 16 heavy (non-hydrogen) atoms. The SMILES string of the molecule is CCC(C)C(CSc1nnc(C)n1C)NC. The molecule has 0 fully saturated rings. The summed E-state index contributed by atoms with van der Waals surface area (Å²) >= 11 is 1.77. The van der Waals surface area contributed by atoms with Crippen LogP contribution in [0.15, 0.2) is 5.16 Å². The summed E-state index contributed by atoms with van der Waals surface area (Å²) in [6, 6.07) is 0.534. The van der Waals surface area contributed by atoms with E-state index in [-0.39, 0.29) is 0 Å². The Morgan fingerprint density at radius 2 is 2.12 bits per heavy atom.